The Morgan fingerprint density at radius 1 is 1.16 bits per heavy atom. The second kappa shape index (κ2) is 7.52. The van der Waals surface area contributed by atoms with Gasteiger partial charge in [0, 0.05) is 25.6 Å². The lowest BCUT2D eigenvalue weighted by Gasteiger charge is -2.22. The molecule has 1 aliphatic carbocycles. The molecule has 0 radical (unpaired) electrons. The fourth-order valence-corrected chi connectivity index (χ4v) is 4.16. The van der Waals surface area contributed by atoms with Crippen LogP contribution >= 0.6 is 0 Å². The third-order valence-electron chi connectivity index (χ3n) is 5.64. The summed E-state index contributed by atoms with van der Waals surface area (Å²) in [5, 5.41) is 11.0. The first-order valence-electron chi connectivity index (χ1n) is 9.49. The number of amides is 1. The van der Waals surface area contributed by atoms with Gasteiger partial charge in [-0.2, -0.15) is 0 Å². The largest absolute Gasteiger partial charge is 0.356 e. The molecule has 6 nitrogen and oxygen atoms in total. The quantitative estimate of drug-likeness (QED) is 0.905. The molecule has 1 saturated carbocycles. The van der Waals surface area contributed by atoms with Gasteiger partial charge < -0.3 is 5.32 Å². The van der Waals surface area contributed by atoms with Gasteiger partial charge in [0.1, 0.15) is 11.0 Å². The first-order valence-corrected chi connectivity index (χ1v) is 9.49. The van der Waals surface area contributed by atoms with Crippen LogP contribution in [0.15, 0.2) is 22.8 Å². The molecule has 0 bridgehead atoms. The zero-order valence-corrected chi connectivity index (χ0v) is 14.6. The number of benzene rings is 1. The third kappa shape index (κ3) is 4.00. The van der Waals surface area contributed by atoms with Crippen LogP contribution in [0.3, 0.4) is 0 Å². The lowest BCUT2D eigenvalue weighted by Crippen LogP contribution is -2.36. The van der Waals surface area contributed by atoms with E-state index in [0.29, 0.717) is 5.92 Å². The van der Waals surface area contributed by atoms with E-state index in [9.17, 15) is 4.79 Å². The minimum atomic E-state index is 0.258. The number of hydrogen-bond donors (Lipinski definition) is 1. The molecule has 134 valence electrons. The van der Waals surface area contributed by atoms with Crippen molar-refractivity contribution in [1.82, 2.24) is 20.5 Å². The van der Waals surface area contributed by atoms with E-state index in [4.69, 9.17) is 4.63 Å². The van der Waals surface area contributed by atoms with Gasteiger partial charge in [0.05, 0.1) is 0 Å². The molecule has 1 N–H and O–H groups in total. The Kier molecular flexibility index (Phi) is 4.97. The van der Waals surface area contributed by atoms with Crippen LogP contribution in [0.25, 0.3) is 11.0 Å². The van der Waals surface area contributed by atoms with Gasteiger partial charge in [-0.3, -0.25) is 9.69 Å². The molecule has 2 aliphatic rings. The second-order valence-electron chi connectivity index (χ2n) is 7.56. The lowest BCUT2D eigenvalue weighted by molar-refractivity contribution is -0.126. The fourth-order valence-electron chi connectivity index (χ4n) is 4.16. The lowest BCUT2D eigenvalue weighted by atomic mass is 9.88. The van der Waals surface area contributed by atoms with Crippen LogP contribution in [0.5, 0.6) is 0 Å². The van der Waals surface area contributed by atoms with Gasteiger partial charge >= 0.3 is 0 Å². The molecule has 2 heterocycles. The van der Waals surface area contributed by atoms with E-state index in [-0.39, 0.29) is 11.8 Å². The molecular weight excluding hydrogens is 316 g/mol. The smallest absolute Gasteiger partial charge is 0.223 e. The number of carbonyl (C=O) groups excluding carboxylic acids is 1. The third-order valence-corrected chi connectivity index (χ3v) is 5.64. The van der Waals surface area contributed by atoms with Crippen LogP contribution in [0, 0.1) is 11.8 Å². The maximum atomic E-state index is 12.3. The Morgan fingerprint density at radius 2 is 2.00 bits per heavy atom. The molecule has 1 aromatic heterocycles. The van der Waals surface area contributed by atoms with Crippen molar-refractivity contribution in [1.29, 1.82) is 0 Å². The molecule has 1 atom stereocenters. The summed E-state index contributed by atoms with van der Waals surface area (Å²) in [5.41, 5.74) is 2.84. The highest BCUT2D eigenvalue weighted by atomic mass is 16.6. The predicted octanol–water partition coefficient (Wildman–Crippen LogP) is 2.74. The van der Waals surface area contributed by atoms with Gasteiger partial charge in [0.25, 0.3) is 0 Å². The van der Waals surface area contributed by atoms with Gasteiger partial charge in [0.15, 0.2) is 0 Å². The summed E-state index contributed by atoms with van der Waals surface area (Å²) in [4.78, 5) is 14.7. The maximum absolute atomic E-state index is 12.3. The van der Waals surface area contributed by atoms with Gasteiger partial charge in [-0.15, -0.1) is 0 Å². The molecule has 1 amide bonds. The number of hydrogen-bond acceptors (Lipinski definition) is 5. The molecule has 1 saturated heterocycles. The summed E-state index contributed by atoms with van der Waals surface area (Å²) in [6.07, 6.45) is 7.00. The highest BCUT2D eigenvalue weighted by Crippen LogP contribution is 2.24. The Balaban J connectivity index is 1.24. The highest BCUT2D eigenvalue weighted by Gasteiger charge is 2.25. The molecule has 0 unspecified atom stereocenters. The average molecular weight is 342 g/mol. The van der Waals surface area contributed by atoms with Gasteiger partial charge in [0.2, 0.25) is 5.91 Å². The van der Waals surface area contributed by atoms with Crippen LogP contribution in [0.1, 0.15) is 44.1 Å². The summed E-state index contributed by atoms with van der Waals surface area (Å²) < 4.78 is 4.76. The molecular formula is C19H26N4O2. The van der Waals surface area contributed by atoms with Crippen molar-refractivity contribution in [3.8, 4) is 0 Å². The Bertz CT molecular complexity index is 723. The average Bonchev–Trinajstić information content (AvgIpc) is 3.29. The maximum Gasteiger partial charge on any atom is 0.223 e. The molecule has 1 aromatic carbocycles. The molecule has 0 spiro atoms. The fraction of sp³-hybridized carbons (Fsp3) is 0.632. The number of rotatable bonds is 5. The second-order valence-corrected chi connectivity index (χ2v) is 7.56. The summed E-state index contributed by atoms with van der Waals surface area (Å²) in [6, 6.07) is 6.09. The monoisotopic (exact) mass is 342 g/mol. The van der Waals surface area contributed by atoms with Crippen molar-refractivity contribution in [2.45, 2.75) is 45.1 Å². The Hall–Kier alpha value is -1.95. The number of nitrogens with zero attached hydrogens (tertiary/aromatic N) is 3. The first-order chi connectivity index (χ1) is 12.3. The van der Waals surface area contributed by atoms with E-state index < -0.39 is 0 Å². The normalized spacial score (nSPS) is 22.5. The number of likely N-dealkylation sites (tertiary alicyclic amines) is 1. The molecule has 4 rings (SSSR count). The standard InChI is InChI=1S/C19H26N4O2/c24-19(16-4-2-1-3-5-16)20-11-15-8-9-23(13-15)12-14-6-7-17-18(10-14)22-25-21-17/h6-7,10,15-16H,1-5,8-9,11-13H2,(H,20,24)/t15-/m1/s1. The van der Waals surface area contributed by atoms with E-state index in [1.807, 2.05) is 12.1 Å². The number of aromatic nitrogens is 2. The number of fused-ring (bicyclic) bond motifs is 1. The molecule has 1 aliphatic heterocycles. The molecule has 2 aromatic rings. The van der Waals surface area contributed by atoms with Crippen molar-refractivity contribution in [3.05, 3.63) is 23.8 Å². The Morgan fingerprint density at radius 3 is 2.88 bits per heavy atom. The zero-order valence-electron chi connectivity index (χ0n) is 14.6. The molecule has 25 heavy (non-hydrogen) atoms. The number of carbonyl (C=O) groups is 1. The van der Waals surface area contributed by atoms with E-state index in [1.165, 1.54) is 24.8 Å². The number of nitrogens with one attached hydrogen (secondary N) is 1. The van der Waals surface area contributed by atoms with E-state index in [0.717, 1.165) is 56.5 Å². The van der Waals surface area contributed by atoms with Crippen molar-refractivity contribution in [3.63, 3.8) is 0 Å². The minimum absolute atomic E-state index is 0.258. The Labute approximate surface area is 147 Å². The van der Waals surface area contributed by atoms with Crippen LogP contribution in [-0.2, 0) is 11.3 Å². The SMILES string of the molecule is O=C(NC[C@H]1CCN(Cc2ccc3nonc3c2)C1)C1CCCCC1. The van der Waals surface area contributed by atoms with Gasteiger partial charge in [-0.25, -0.2) is 4.63 Å². The summed E-state index contributed by atoms with van der Waals surface area (Å²) >= 11 is 0. The van der Waals surface area contributed by atoms with Crippen molar-refractivity contribution in [2.75, 3.05) is 19.6 Å². The predicted molar refractivity (Wildman–Crippen MR) is 94.8 cm³/mol. The van der Waals surface area contributed by atoms with E-state index >= 15 is 0 Å². The van der Waals surface area contributed by atoms with Crippen LogP contribution in [0.2, 0.25) is 0 Å². The van der Waals surface area contributed by atoms with Crippen LogP contribution < -0.4 is 5.32 Å². The topological polar surface area (TPSA) is 71.3 Å². The van der Waals surface area contributed by atoms with Crippen LogP contribution in [-0.4, -0.2) is 40.8 Å². The van der Waals surface area contributed by atoms with Crippen molar-refractivity contribution in [2.24, 2.45) is 11.8 Å². The molecule has 6 heteroatoms. The summed E-state index contributed by atoms with van der Waals surface area (Å²) in [5.74, 6) is 1.10. The first kappa shape index (κ1) is 16.5. The molecule has 2 fully saturated rings. The minimum Gasteiger partial charge on any atom is -0.356 e. The summed E-state index contributed by atoms with van der Waals surface area (Å²) in [7, 11) is 0. The summed E-state index contributed by atoms with van der Waals surface area (Å²) in [6.45, 7) is 3.85. The van der Waals surface area contributed by atoms with Crippen molar-refractivity contribution >= 4 is 16.9 Å². The van der Waals surface area contributed by atoms with E-state index in [1.54, 1.807) is 0 Å². The zero-order chi connectivity index (χ0) is 17.1. The highest BCUT2D eigenvalue weighted by molar-refractivity contribution is 5.78. The van der Waals surface area contributed by atoms with E-state index in [2.05, 4.69) is 26.6 Å². The van der Waals surface area contributed by atoms with Crippen LogP contribution in [0.4, 0.5) is 0 Å². The van der Waals surface area contributed by atoms with Gasteiger partial charge in [-0.1, -0.05) is 25.3 Å². The van der Waals surface area contributed by atoms with Crippen molar-refractivity contribution < 1.29 is 9.42 Å². The van der Waals surface area contributed by atoms with Gasteiger partial charge in [-0.05, 0) is 59.7 Å².